The molecule has 0 aromatic carbocycles. The first-order valence-electron chi connectivity index (χ1n) is 4.60. The number of hydrogen-bond donors (Lipinski definition) is 1. The van der Waals surface area contributed by atoms with Crippen LogP contribution in [0.3, 0.4) is 0 Å². The first-order chi connectivity index (χ1) is 6.66. The van der Waals surface area contributed by atoms with E-state index in [1.165, 1.54) is 0 Å². The third-order valence-corrected chi connectivity index (χ3v) is 1.81. The number of carbonyl (C=O) groups excluding carboxylic acids is 2. The van der Waals surface area contributed by atoms with Crippen LogP contribution in [-0.4, -0.2) is 50.1 Å². The summed E-state index contributed by atoms with van der Waals surface area (Å²) in [5, 5.41) is 13.3. The van der Waals surface area contributed by atoms with Crippen molar-refractivity contribution in [2.24, 2.45) is 0 Å². The minimum atomic E-state index is -1.37. The van der Waals surface area contributed by atoms with Crippen LogP contribution in [0.1, 0.15) is 6.92 Å². The first kappa shape index (κ1) is 13.6. The zero-order valence-corrected chi connectivity index (χ0v) is 9.66. The van der Waals surface area contributed by atoms with Gasteiger partial charge in [0, 0.05) is 6.54 Å². The molecule has 0 aromatic heterocycles. The largest absolute Gasteiger partial charge is 0.543 e. The van der Waals surface area contributed by atoms with Crippen molar-refractivity contribution in [3.63, 3.8) is 0 Å². The van der Waals surface area contributed by atoms with Gasteiger partial charge in [0.2, 0.25) is 6.04 Å². The van der Waals surface area contributed by atoms with Crippen LogP contribution in [0, 0.1) is 0 Å². The van der Waals surface area contributed by atoms with Crippen molar-refractivity contribution in [1.82, 2.24) is 5.32 Å². The summed E-state index contributed by atoms with van der Waals surface area (Å²) in [6.07, 6.45) is 0. The highest BCUT2D eigenvalue weighted by molar-refractivity contribution is 5.99. The Labute approximate surface area is 90.0 Å². The number of aliphatic carboxylic acids is 1. The third kappa shape index (κ3) is 4.60. The summed E-state index contributed by atoms with van der Waals surface area (Å²) in [7, 11) is 4.88. The molecule has 0 aliphatic rings. The van der Waals surface area contributed by atoms with Crippen LogP contribution in [0.2, 0.25) is 0 Å². The molecule has 0 aliphatic carbocycles. The molecule has 5 heteroatoms. The summed E-state index contributed by atoms with van der Waals surface area (Å²) in [6, 6.07) is -1.20. The number of likely N-dealkylation sites (N-methyl/N-ethyl adjacent to an activating group) is 1. The van der Waals surface area contributed by atoms with Gasteiger partial charge in [0.25, 0.3) is 5.91 Å². The molecule has 0 fully saturated rings. The van der Waals surface area contributed by atoms with Gasteiger partial charge in [-0.3, -0.25) is 4.79 Å². The van der Waals surface area contributed by atoms with E-state index >= 15 is 0 Å². The van der Waals surface area contributed by atoms with Crippen LogP contribution >= 0.6 is 0 Å². The SMILES string of the molecule is C=C(C)CNC(=O)C(C(=O)[O-])[N+](C)(C)C. The minimum Gasteiger partial charge on any atom is -0.543 e. The molecule has 0 rings (SSSR count). The lowest BCUT2D eigenvalue weighted by Crippen LogP contribution is -2.61. The monoisotopic (exact) mass is 214 g/mol. The molecule has 0 aromatic rings. The molecule has 1 unspecified atom stereocenters. The Balaban J connectivity index is 4.59. The van der Waals surface area contributed by atoms with Crippen molar-refractivity contribution >= 4 is 11.9 Å². The zero-order chi connectivity index (χ0) is 12.2. The normalized spacial score (nSPS) is 13.1. The van der Waals surface area contributed by atoms with Crippen LogP contribution in [-0.2, 0) is 9.59 Å². The molecule has 5 nitrogen and oxygen atoms in total. The second kappa shape index (κ2) is 4.93. The summed E-state index contributed by atoms with van der Waals surface area (Å²) in [5.74, 6) is -1.92. The van der Waals surface area contributed by atoms with Crippen molar-refractivity contribution in [2.75, 3.05) is 27.7 Å². The number of hydrogen-bond acceptors (Lipinski definition) is 3. The van der Waals surface area contributed by atoms with Gasteiger partial charge in [-0.1, -0.05) is 12.2 Å². The molecule has 1 N–H and O–H groups in total. The molecular formula is C10H18N2O3. The van der Waals surface area contributed by atoms with E-state index in [-0.39, 0.29) is 11.0 Å². The Kier molecular flexibility index (Phi) is 4.48. The maximum absolute atomic E-state index is 11.5. The highest BCUT2D eigenvalue weighted by Crippen LogP contribution is 2.02. The number of quaternary nitrogens is 1. The molecule has 15 heavy (non-hydrogen) atoms. The summed E-state index contributed by atoms with van der Waals surface area (Å²) >= 11 is 0. The van der Waals surface area contributed by atoms with Crippen LogP contribution in [0.25, 0.3) is 0 Å². The molecule has 0 radical (unpaired) electrons. The standard InChI is InChI=1S/C10H18N2O3/c1-7(2)6-11-9(13)8(10(14)15)12(3,4)5/h8H,1,6H2,2-5H3,(H-,11,13,14,15). The Morgan fingerprint density at radius 2 is 1.87 bits per heavy atom. The number of nitrogens with one attached hydrogen (secondary N) is 1. The maximum Gasteiger partial charge on any atom is 0.284 e. The van der Waals surface area contributed by atoms with Gasteiger partial charge in [-0.25, -0.2) is 0 Å². The highest BCUT2D eigenvalue weighted by Gasteiger charge is 2.32. The van der Waals surface area contributed by atoms with E-state index in [4.69, 9.17) is 0 Å². The summed E-state index contributed by atoms with van der Waals surface area (Å²) in [5.41, 5.74) is 0.766. The van der Waals surface area contributed by atoms with Gasteiger partial charge in [-0.2, -0.15) is 0 Å². The Hall–Kier alpha value is -1.36. The fourth-order valence-electron chi connectivity index (χ4n) is 1.11. The van der Waals surface area contributed by atoms with Crippen molar-refractivity contribution in [1.29, 1.82) is 0 Å². The van der Waals surface area contributed by atoms with E-state index in [0.717, 1.165) is 5.57 Å². The number of amides is 1. The summed E-state index contributed by atoms with van der Waals surface area (Å²) < 4.78 is -0.00957. The molecule has 0 heterocycles. The van der Waals surface area contributed by atoms with Crippen molar-refractivity contribution in [3.8, 4) is 0 Å². The minimum absolute atomic E-state index is 0.00957. The van der Waals surface area contributed by atoms with Crippen molar-refractivity contribution in [3.05, 3.63) is 12.2 Å². The number of rotatable bonds is 5. The van der Waals surface area contributed by atoms with Gasteiger partial charge in [0.05, 0.1) is 21.1 Å². The number of nitrogens with zero attached hydrogens (tertiary/aromatic N) is 1. The van der Waals surface area contributed by atoms with Gasteiger partial charge >= 0.3 is 0 Å². The third-order valence-electron chi connectivity index (χ3n) is 1.81. The van der Waals surface area contributed by atoms with Gasteiger partial charge in [-0.15, -0.1) is 0 Å². The first-order valence-corrected chi connectivity index (χ1v) is 4.60. The second-order valence-corrected chi connectivity index (χ2v) is 4.51. The Morgan fingerprint density at radius 1 is 1.40 bits per heavy atom. The number of carbonyl (C=O) groups is 2. The number of carboxylic acids is 1. The predicted octanol–water partition coefficient (Wildman–Crippen LogP) is -1.50. The predicted molar refractivity (Wildman–Crippen MR) is 54.7 cm³/mol. The molecule has 1 amide bonds. The van der Waals surface area contributed by atoms with Crippen LogP contribution in [0.4, 0.5) is 0 Å². The second-order valence-electron chi connectivity index (χ2n) is 4.51. The molecule has 0 spiro atoms. The fraction of sp³-hybridized carbons (Fsp3) is 0.600. The summed E-state index contributed by atoms with van der Waals surface area (Å²) in [4.78, 5) is 22.4. The van der Waals surface area contributed by atoms with Crippen molar-refractivity contribution < 1.29 is 19.2 Å². The lowest BCUT2D eigenvalue weighted by atomic mass is 10.2. The summed E-state index contributed by atoms with van der Waals surface area (Å²) in [6.45, 7) is 5.64. The molecule has 1 atom stereocenters. The lowest BCUT2D eigenvalue weighted by molar-refractivity contribution is -0.880. The van der Waals surface area contributed by atoms with E-state index in [0.29, 0.717) is 0 Å². The lowest BCUT2D eigenvalue weighted by Gasteiger charge is -2.33. The average Bonchev–Trinajstić information content (AvgIpc) is 1.96. The van der Waals surface area contributed by atoms with E-state index in [1.807, 2.05) is 0 Å². The van der Waals surface area contributed by atoms with E-state index in [1.54, 1.807) is 28.1 Å². The Morgan fingerprint density at radius 3 is 2.13 bits per heavy atom. The highest BCUT2D eigenvalue weighted by atomic mass is 16.4. The molecule has 0 saturated heterocycles. The van der Waals surface area contributed by atoms with E-state index in [9.17, 15) is 14.7 Å². The molecule has 0 saturated carbocycles. The van der Waals surface area contributed by atoms with Crippen LogP contribution < -0.4 is 10.4 Å². The zero-order valence-electron chi connectivity index (χ0n) is 9.66. The topological polar surface area (TPSA) is 69.2 Å². The molecule has 0 bridgehead atoms. The van der Waals surface area contributed by atoms with Crippen LogP contribution in [0.15, 0.2) is 12.2 Å². The molecular weight excluding hydrogens is 196 g/mol. The van der Waals surface area contributed by atoms with E-state index in [2.05, 4.69) is 11.9 Å². The van der Waals surface area contributed by atoms with Gasteiger partial charge in [0.15, 0.2) is 0 Å². The van der Waals surface area contributed by atoms with Gasteiger partial charge < -0.3 is 19.7 Å². The Bertz CT molecular complexity index is 279. The fourth-order valence-corrected chi connectivity index (χ4v) is 1.11. The number of carboxylic acid groups (broad SMARTS) is 1. The average molecular weight is 214 g/mol. The smallest absolute Gasteiger partial charge is 0.284 e. The molecule has 86 valence electrons. The van der Waals surface area contributed by atoms with Gasteiger partial charge in [-0.05, 0) is 6.92 Å². The van der Waals surface area contributed by atoms with Crippen LogP contribution in [0.5, 0.6) is 0 Å². The van der Waals surface area contributed by atoms with Crippen molar-refractivity contribution in [2.45, 2.75) is 13.0 Å². The maximum atomic E-state index is 11.5. The van der Waals surface area contributed by atoms with Gasteiger partial charge in [0.1, 0.15) is 5.97 Å². The molecule has 0 aliphatic heterocycles. The quantitative estimate of drug-likeness (QED) is 0.344. The van der Waals surface area contributed by atoms with E-state index < -0.39 is 17.9 Å².